The van der Waals surface area contributed by atoms with Crippen molar-refractivity contribution in [3.05, 3.63) is 24.3 Å². The van der Waals surface area contributed by atoms with Crippen molar-refractivity contribution in [1.29, 1.82) is 0 Å². The van der Waals surface area contributed by atoms with Crippen molar-refractivity contribution in [2.45, 2.75) is 4.90 Å². The van der Waals surface area contributed by atoms with Crippen LogP contribution in [0.15, 0.2) is 29.2 Å². The van der Waals surface area contributed by atoms with Crippen molar-refractivity contribution in [3.63, 3.8) is 0 Å². The van der Waals surface area contributed by atoms with Gasteiger partial charge in [0.25, 0.3) is 0 Å². The molecule has 0 aliphatic heterocycles. The van der Waals surface area contributed by atoms with E-state index in [4.69, 9.17) is 4.55 Å². The van der Waals surface area contributed by atoms with Gasteiger partial charge in [0.15, 0.2) is 9.84 Å². The van der Waals surface area contributed by atoms with Crippen LogP contribution in [0.2, 0.25) is 0 Å². The molecular weight excluding hydrogens is 334 g/mol. The van der Waals surface area contributed by atoms with Gasteiger partial charge in [-0.1, -0.05) is 0 Å². The molecule has 0 saturated carbocycles. The topological polar surface area (TPSA) is 150 Å². The maximum absolute atomic E-state index is 11.8. The number of benzene rings is 1. The second-order valence-electron chi connectivity index (χ2n) is 3.43. The smallest absolute Gasteiger partial charge is 0.397 e. The van der Waals surface area contributed by atoms with Crippen molar-refractivity contribution in [1.82, 2.24) is 0 Å². The van der Waals surface area contributed by atoms with Crippen molar-refractivity contribution >= 4 is 37.2 Å². The fourth-order valence-electron chi connectivity index (χ4n) is 1.19. The first-order valence-electron chi connectivity index (χ1n) is 4.91. The highest BCUT2D eigenvalue weighted by Crippen LogP contribution is 2.15. The third kappa shape index (κ3) is 5.94. The van der Waals surface area contributed by atoms with E-state index in [2.05, 4.69) is 4.18 Å². The lowest BCUT2D eigenvalue weighted by atomic mass is 10.3. The molecule has 1 atom stereocenters. The summed E-state index contributed by atoms with van der Waals surface area (Å²) in [7, 11) is -8.50. The van der Waals surface area contributed by atoms with Gasteiger partial charge in [0.2, 0.25) is 0 Å². The zero-order chi connectivity index (χ0) is 15.4. The predicted octanol–water partition coefficient (Wildman–Crippen LogP) is -0.514. The Morgan fingerprint density at radius 2 is 1.75 bits per heavy atom. The molecule has 0 spiro atoms. The van der Waals surface area contributed by atoms with Crippen molar-refractivity contribution in [2.75, 3.05) is 17.1 Å². The summed E-state index contributed by atoms with van der Waals surface area (Å²) in [6.45, 7) is -0.730. The van der Waals surface area contributed by atoms with Gasteiger partial charge in [-0.15, -0.1) is 0 Å². The minimum atomic E-state index is -4.69. The van der Waals surface area contributed by atoms with Crippen molar-refractivity contribution in [3.8, 4) is 0 Å². The Morgan fingerprint density at radius 3 is 2.20 bits per heavy atom. The average Bonchev–Trinajstić information content (AvgIpc) is 2.26. The molecule has 9 nitrogen and oxygen atoms in total. The first-order chi connectivity index (χ1) is 9.10. The second-order valence-corrected chi connectivity index (χ2v) is 7.30. The Bertz CT molecular complexity index is 679. The molecule has 1 aromatic carbocycles. The number of hydrogen-bond acceptors (Lipinski definition) is 7. The highest BCUT2D eigenvalue weighted by molar-refractivity contribution is 7.91. The average molecular weight is 344 g/mol. The fourth-order valence-corrected chi connectivity index (χ4v) is 3.01. The summed E-state index contributed by atoms with van der Waals surface area (Å²) in [5.41, 5.74) is 0.173. The van der Waals surface area contributed by atoms with Crippen LogP contribution >= 0.6 is 0 Å². The van der Waals surface area contributed by atoms with E-state index in [0.29, 0.717) is 0 Å². The largest absolute Gasteiger partial charge is 0.755 e. The first-order valence-corrected chi connectivity index (χ1v) is 9.00. The molecule has 1 aromatic rings. The highest BCUT2D eigenvalue weighted by Gasteiger charge is 2.16. The Hall–Kier alpha value is -1.05. The van der Waals surface area contributed by atoms with Gasteiger partial charge in [-0.05, 0) is 24.3 Å². The number of nitrogens with one attached hydrogen (secondary N) is 1. The number of rotatable bonds is 7. The summed E-state index contributed by atoms with van der Waals surface area (Å²) in [5.74, 6) is -0.660. The normalized spacial score (nSPS) is 13.9. The van der Waals surface area contributed by atoms with Crippen LogP contribution in [0.1, 0.15) is 0 Å². The monoisotopic (exact) mass is 344 g/mol. The lowest BCUT2D eigenvalue weighted by Crippen LogP contribution is -2.15. The lowest BCUT2D eigenvalue weighted by molar-refractivity contribution is 0.284. The molecule has 0 fully saturated rings. The molecule has 0 aliphatic rings. The summed E-state index contributed by atoms with van der Waals surface area (Å²) in [4.78, 5) is -0.140. The van der Waals surface area contributed by atoms with E-state index in [1.807, 2.05) is 4.72 Å². The second kappa shape index (κ2) is 6.60. The highest BCUT2D eigenvalue weighted by atomic mass is 32.3. The fraction of sp³-hybridized carbons (Fsp3) is 0.250. The third-order valence-electron chi connectivity index (χ3n) is 2.00. The SMILES string of the molecule is O=S([O-])Nc1ccc(S(=O)(=O)CCOS(=O)(=O)O)cc1. The van der Waals surface area contributed by atoms with E-state index in [9.17, 15) is 25.6 Å². The number of sulfone groups is 1. The van der Waals surface area contributed by atoms with E-state index >= 15 is 0 Å². The van der Waals surface area contributed by atoms with Gasteiger partial charge in [-0.2, -0.15) is 8.42 Å². The zero-order valence-corrected chi connectivity index (χ0v) is 12.2. The van der Waals surface area contributed by atoms with Crippen molar-refractivity contribution in [2.24, 2.45) is 0 Å². The molecule has 0 aliphatic carbocycles. The Morgan fingerprint density at radius 1 is 1.20 bits per heavy atom. The van der Waals surface area contributed by atoms with Crippen LogP contribution in [0.5, 0.6) is 0 Å². The Balaban J connectivity index is 2.75. The molecule has 0 radical (unpaired) electrons. The van der Waals surface area contributed by atoms with Gasteiger partial charge in [0, 0.05) is 17.0 Å². The van der Waals surface area contributed by atoms with Crippen LogP contribution in [-0.4, -0.2) is 42.5 Å². The number of hydrogen-bond donors (Lipinski definition) is 2. The summed E-state index contributed by atoms with van der Waals surface area (Å²) < 4.78 is 79.0. The van der Waals surface area contributed by atoms with Gasteiger partial charge in [0.05, 0.1) is 17.3 Å². The molecule has 1 rings (SSSR count). The minimum Gasteiger partial charge on any atom is -0.755 e. The van der Waals surface area contributed by atoms with E-state index in [1.165, 1.54) is 12.1 Å². The standard InChI is InChI=1S/C8H11NO8S3/c10-18(11)9-7-1-3-8(4-2-7)19(12,13)6-5-17-20(14,15)16/h1-4,9H,5-6H2,(H,10,11)(H,14,15,16)/p-1. The van der Waals surface area contributed by atoms with Gasteiger partial charge in [-0.3, -0.25) is 8.76 Å². The summed E-state index contributed by atoms with van der Waals surface area (Å²) in [6, 6.07) is 4.76. The van der Waals surface area contributed by atoms with Crippen LogP contribution in [0.25, 0.3) is 0 Å². The molecule has 1 unspecified atom stereocenters. The Kier molecular flexibility index (Phi) is 5.61. The lowest BCUT2D eigenvalue weighted by Gasteiger charge is -2.09. The molecule has 0 heterocycles. The minimum absolute atomic E-state index is 0.140. The van der Waals surface area contributed by atoms with Crippen LogP contribution in [0, 0.1) is 0 Å². The molecular formula is C8H10NO8S3-. The van der Waals surface area contributed by atoms with Gasteiger partial charge in [-0.25, -0.2) is 12.6 Å². The quantitative estimate of drug-likeness (QED) is 0.496. The van der Waals surface area contributed by atoms with Gasteiger partial charge in [0.1, 0.15) is 0 Å². The molecule has 0 bridgehead atoms. The molecule has 0 amide bonds. The Labute approximate surface area is 118 Å². The van der Waals surface area contributed by atoms with E-state index in [0.717, 1.165) is 12.1 Å². The molecule has 2 N–H and O–H groups in total. The summed E-state index contributed by atoms with van der Waals surface area (Å²) >= 11 is -2.52. The van der Waals surface area contributed by atoms with Gasteiger partial charge < -0.3 is 9.27 Å². The molecule has 20 heavy (non-hydrogen) atoms. The molecule has 0 aromatic heterocycles. The maximum atomic E-state index is 11.8. The summed E-state index contributed by atoms with van der Waals surface area (Å²) in [6.07, 6.45) is 0. The third-order valence-corrected chi connectivity index (χ3v) is 4.56. The number of anilines is 1. The maximum Gasteiger partial charge on any atom is 0.397 e. The molecule has 114 valence electrons. The van der Waals surface area contributed by atoms with E-state index in [-0.39, 0.29) is 10.6 Å². The molecule has 0 saturated heterocycles. The van der Waals surface area contributed by atoms with Crippen LogP contribution in [0.3, 0.4) is 0 Å². The van der Waals surface area contributed by atoms with Gasteiger partial charge >= 0.3 is 10.4 Å². The zero-order valence-electron chi connectivity index (χ0n) is 9.75. The van der Waals surface area contributed by atoms with E-state index < -0.39 is 43.9 Å². The summed E-state index contributed by atoms with van der Waals surface area (Å²) in [5, 5.41) is 0. The van der Waals surface area contributed by atoms with Crippen molar-refractivity contribution < 1.29 is 34.3 Å². The van der Waals surface area contributed by atoms with Crippen LogP contribution in [0.4, 0.5) is 5.69 Å². The van der Waals surface area contributed by atoms with E-state index in [1.54, 1.807) is 0 Å². The van der Waals surface area contributed by atoms with Crippen LogP contribution in [-0.2, 0) is 35.7 Å². The first kappa shape index (κ1) is 17.0. The molecule has 12 heteroatoms. The van der Waals surface area contributed by atoms with Crippen LogP contribution < -0.4 is 4.72 Å². The predicted molar refractivity (Wildman–Crippen MR) is 68.5 cm³/mol.